The highest BCUT2D eigenvalue weighted by Gasteiger charge is 2.40. The van der Waals surface area contributed by atoms with Crippen molar-refractivity contribution >= 4 is 29.4 Å². The van der Waals surface area contributed by atoms with E-state index in [4.69, 9.17) is 9.84 Å². The smallest absolute Gasteiger partial charge is 0.240 e. The third-order valence-corrected chi connectivity index (χ3v) is 8.06. The molecule has 0 radical (unpaired) electrons. The molecule has 2 amide bonds. The summed E-state index contributed by atoms with van der Waals surface area (Å²) in [6.45, 7) is 6.31. The van der Waals surface area contributed by atoms with Gasteiger partial charge < -0.3 is 10.1 Å². The van der Waals surface area contributed by atoms with Crippen LogP contribution in [0.25, 0.3) is 5.69 Å². The van der Waals surface area contributed by atoms with Crippen LogP contribution in [-0.4, -0.2) is 46.0 Å². The second kappa shape index (κ2) is 11.7. The van der Waals surface area contributed by atoms with E-state index in [1.165, 1.54) is 28.8 Å². The van der Waals surface area contributed by atoms with Crippen molar-refractivity contribution in [3.8, 4) is 11.4 Å². The molecule has 0 aliphatic carbocycles. The average molecular weight is 574 g/mol. The number of methoxy groups -OCH3 is 1. The Morgan fingerprint density at radius 3 is 2.49 bits per heavy atom. The Balaban J connectivity index is 1.64. The number of carbonyl (C=O) groups is 2. The summed E-state index contributed by atoms with van der Waals surface area (Å²) in [5, 5.41) is 7.67. The van der Waals surface area contributed by atoms with Crippen molar-refractivity contribution in [2.24, 2.45) is 0 Å². The molecule has 1 aliphatic heterocycles. The number of hydrogen-bond acceptors (Lipinski definition) is 6. The second-order valence-electron chi connectivity index (χ2n) is 10.8. The van der Waals surface area contributed by atoms with Gasteiger partial charge in [0.1, 0.15) is 23.9 Å². The SMILES string of the molecule is COc1ccc(-n2nc(C(C)(C)C)c3c2N(CC(=O)NCc2cccnc2)C(=O)CSC3c2ccc(F)cc2)cc1. The molecule has 5 rings (SSSR count). The van der Waals surface area contributed by atoms with Crippen molar-refractivity contribution in [3.63, 3.8) is 0 Å². The van der Waals surface area contributed by atoms with Gasteiger partial charge in [0.2, 0.25) is 11.8 Å². The molecule has 1 unspecified atom stereocenters. The number of thioether (sulfide) groups is 1. The van der Waals surface area contributed by atoms with E-state index in [1.54, 1.807) is 42.4 Å². The molecule has 0 bridgehead atoms. The van der Waals surface area contributed by atoms with Crippen LogP contribution in [0, 0.1) is 5.82 Å². The number of nitrogens with one attached hydrogen (secondary N) is 1. The number of anilines is 1. The van der Waals surface area contributed by atoms with Gasteiger partial charge in [0.25, 0.3) is 0 Å². The van der Waals surface area contributed by atoms with Gasteiger partial charge in [-0.15, -0.1) is 11.8 Å². The van der Waals surface area contributed by atoms with Crippen LogP contribution in [0.1, 0.15) is 48.4 Å². The van der Waals surface area contributed by atoms with Crippen molar-refractivity contribution in [2.45, 2.75) is 38.0 Å². The highest BCUT2D eigenvalue weighted by molar-refractivity contribution is 8.00. The van der Waals surface area contributed by atoms with Crippen LogP contribution in [0.15, 0.2) is 73.1 Å². The van der Waals surface area contributed by atoms with Gasteiger partial charge in [0, 0.05) is 29.9 Å². The van der Waals surface area contributed by atoms with Gasteiger partial charge in [-0.2, -0.15) is 5.10 Å². The quantitative estimate of drug-likeness (QED) is 0.327. The molecule has 0 spiro atoms. The molecule has 8 nitrogen and oxygen atoms in total. The molecule has 10 heteroatoms. The third kappa shape index (κ3) is 6.12. The van der Waals surface area contributed by atoms with Crippen LogP contribution >= 0.6 is 11.8 Å². The minimum absolute atomic E-state index is 0.138. The van der Waals surface area contributed by atoms with Gasteiger partial charge in [0.15, 0.2) is 0 Å². The first kappa shape index (κ1) is 28.4. The molecule has 1 aliphatic rings. The van der Waals surface area contributed by atoms with E-state index in [9.17, 15) is 14.0 Å². The zero-order chi connectivity index (χ0) is 29.1. The van der Waals surface area contributed by atoms with Crippen LogP contribution in [0.5, 0.6) is 5.75 Å². The van der Waals surface area contributed by atoms with Crippen LogP contribution < -0.4 is 15.0 Å². The molecule has 0 saturated heterocycles. The van der Waals surface area contributed by atoms with Crippen molar-refractivity contribution in [1.82, 2.24) is 20.1 Å². The second-order valence-corrected chi connectivity index (χ2v) is 11.9. The maximum absolute atomic E-state index is 13.9. The lowest BCUT2D eigenvalue weighted by atomic mass is 9.87. The maximum atomic E-state index is 13.9. The number of pyridine rings is 1. The fourth-order valence-corrected chi connectivity index (χ4v) is 5.98. The van der Waals surface area contributed by atoms with Crippen molar-refractivity contribution in [2.75, 3.05) is 24.3 Å². The Morgan fingerprint density at radius 1 is 1.12 bits per heavy atom. The van der Waals surface area contributed by atoms with Gasteiger partial charge in [0.05, 0.1) is 29.5 Å². The number of halogens is 1. The van der Waals surface area contributed by atoms with Gasteiger partial charge in [-0.3, -0.25) is 19.5 Å². The molecule has 2 aromatic carbocycles. The van der Waals surface area contributed by atoms with Crippen molar-refractivity contribution in [3.05, 3.63) is 101 Å². The largest absolute Gasteiger partial charge is 0.497 e. The predicted octanol–water partition coefficient (Wildman–Crippen LogP) is 5.20. The van der Waals surface area contributed by atoms with E-state index < -0.39 is 5.41 Å². The number of ether oxygens (including phenoxy) is 1. The first-order valence-corrected chi connectivity index (χ1v) is 14.3. The van der Waals surface area contributed by atoms with Crippen LogP contribution in [0.4, 0.5) is 10.2 Å². The first-order chi connectivity index (χ1) is 19.7. The van der Waals surface area contributed by atoms with Crippen molar-refractivity contribution in [1.29, 1.82) is 0 Å². The van der Waals surface area contributed by atoms with Crippen LogP contribution in [-0.2, 0) is 21.5 Å². The topological polar surface area (TPSA) is 89.3 Å². The van der Waals surface area contributed by atoms with Crippen molar-refractivity contribution < 1.29 is 18.7 Å². The van der Waals surface area contributed by atoms with Gasteiger partial charge in [-0.05, 0) is 53.6 Å². The number of aromatic nitrogens is 3. The molecule has 1 atom stereocenters. The van der Waals surface area contributed by atoms with E-state index >= 15 is 0 Å². The van der Waals surface area contributed by atoms with E-state index in [-0.39, 0.29) is 35.2 Å². The Bertz CT molecular complexity index is 1530. The Morgan fingerprint density at radius 2 is 1.85 bits per heavy atom. The molecule has 2 aromatic heterocycles. The zero-order valence-electron chi connectivity index (χ0n) is 23.4. The minimum atomic E-state index is -0.401. The van der Waals surface area contributed by atoms with E-state index in [0.717, 1.165) is 28.1 Å². The van der Waals surface area contributed by atoms with Crippen LogP contribution in [0.3, 0.4) is 0 Å². The highest BCUT2D eigenvalue weighted by Crippen LogP contribution is 2.48. The maximum Gasteiger partial charge on any atom is 0.240 e. The molecule has 0 saturated carbocycles. The number of hydrogen-bond donors (Lipinski definition) is 1. The number of carbonyl (C=O) groups excluding carboxylic acids is 2. The summed E-state index contributed by atoms with van der Waals surface area (Å²) in [5.74, 6) is 0.497. The van der Waals surface area contributed by atoms with Gasteiger partial charge >= 0.3 is 0 Å². The fourth-order valence-electron chi connectivity index (χ4n) is 4.78. The number of fused-ring (bicyclic) bond motifs is 1. The Kier molecular flexibility index (Phi) is 8.12. The Labute approximate surface area is 242 Å². The first-order valence-electron chi connectivity index (χ1n) is 13.3. The normalized spacial score (nSPS) is 15.3. The lowest BCUT2D eigenvalue weighted by molar-refractivity contribution is -0.123. The van der Waals surface area contributed by atoms with E-state index in [0.29, 0.717) is 18.1 Å². The number of amides is 2. The summed E-state index contributed by atoms with van der Waals surface area (Å²) >= 11 is 1.45. The van der Waals surface area contributed by atoms with Gasteiger partial charge in [-0.25, -0.2) is 9.07 Å². The van der Waals surface area contributed by atoms with Gasteiger partial charge in [-0.1, -0.05) is 39.0 Å². The average Bonchev–Trinajstić information content (AvgIpc) is 3.31. The summed E-state index contributed by atoms with van der Waals surface area (Å²) in [7, 11) is 1.60. The predicted molar refractivity (Wildman–Crippen MR) is 158 cm³/mol. The molecule has 1 N–H and O–H groups in total. The molecular formula is C31H32FN5O3S. The summed E-state index contributed by atoms with van der Waals surface area (Å²) in [6.07, 6.45) is 3.36. The summed E-state index contributed by atoms with van der Waals surface area (Å²) in [6, 6.07) is 17.4. The monoisotopic (exact) mass is 573 g/mol. The lowest BCUT2D eigenvalue weighted by Gasteiger charge is -2.24. The van der Waals surface area contributed by atoms with E-state index in [2.05, 4.69) is 31.1 Å². The highest BCUT2D eigenvalue weighted by atomic mass is 32.2. The molecule has 4 aromatic rings. The third-order valence-electron chi connectivity index (χ3n) is 6.80. The minimum Gasteiger partial charge on any atom is -0.497 e. The van der Waals surface area contributed by atoms with Crippen LogP contribution in [0.2, 0.25) is 0 Å². The summed E-state index contributed by atoms with van der Waals surface area (Å²) in [4.78, 5) is 32.6. The summed E-state index contributed by atoms with van der Waals surface area (Å²) < 4.78 is 21.0. The molecule has 3 heterocycles. The lowest BCUT2D eigenvalue weighted by Crippen LogP contribution is -2.42. The number of rotatable bonds is 7. The van der Waals surface area contributed by atoms with E-state index in [1.807, 2.05) is 30.3 Å². The molecule has 212 valence electrons. The number of nitrogens with zero attached hydrogens (tertiary/aromatic N) is 4. The summed E-state index contributed by atoms with van der Waals surface area (Å²) in [5.41, 5.74) is 3.65. The number of benzene rings is 2. The Hall–Kier alpha value is -4.18. The standard InChI is InChI=1S/C31H32FN5O3S/c1-31(2,3)29-27-28(21-7-9-22(32)10-8-21)41-19-26(39)36(18-25(38)34-17-20-6-5-15-33-16-20)30(27)37(35-29)23-11-13-24(40-4)14-12-23/h5-16,28H,17-19H2,1-4H3,(H,34,38). The molecular weight excluding hydrogens is 541 g/mol. The molecule has 0 fully saturated rings. The fraction of sp³-hybridized carbons (Fsp3) is 0.290. The molecule has 41 heavy (non-hydrogen) atoms. The zero-order valence-corrected chi connectivity index (χ0v) is 24.2.